The summed E-state index contributed by atoms with van der Waals surface area (Å²) in [5.74, 6) is -1.88. The Balaban J connectivity index is 5.26. The fourth-order valence-electron chi connectivity index (χ4n) is 1.41. The molecule has 0 rings (SSSR count). The zero-order valence-corrected chi connectivity index (χ0v) is 10.7. The van der Waals surface area contributed by atoms with Gasteiger partial charge >= 0.3 is 11.9 Å². The Morgan fingerprint density at radius 2 is 1.94 bits per heavy atom. The average Bonchev–Trinajstić information content (AvgIpc) is 2.23. The van der Waals surface area contributed by atoms with E-state index in [4.69, 9.17) is 4.74 Å². The predicted octanol–water partition coefficient (Wildman–Crippen LogP) is 2.55. The molecule has 4 nitrogen and oxygen atoms in total. The molecule has 17 heavy (non-hydrogen) atoms. The SMILES string of the molecule is C=CCC(CC=C(C)C)(C(=O)O)C(=O)OCC. The van der Waals surface area contributed by atoms with Gasteiger partial charge in [-0.2, -0.15) is 0 Å². The van der Waals surface area contributed by atoms with Crippen LogP contribution in [0.5, 0.6) is 0 Å². The molecule has 4 heteroatoms. The summed E-state index contributed by atoms with van der Waals surface area (Å²) in [4.78, 5) is 23.2. The van der Waals surface area contributed by atoms with Gasteiger partial charge in [0, 0.05) is 0 Å². The lowest BCUT2D eigenvalue weighted by molar-refractivity contribution is -0.168. The number of esters is 1. The van der Waals surface area contributed by atoms with Gasteiger partial charge in [0.2, 0.25) is 0 Å². The van der Waals surface area contributed by atoms with E-state index in [1.165, 1.54) is 6.08 Å². The first-order valence-electron chi connectivity index (χ1n) is 5.55. The maximum Gasteiger partial charge on any atom is 0.324 e. The summed E-state index contributed by atoms with van der Waals surface area (Å²) in [6.07, 6.45) is 3.35. The van der Waals surface area contributed by atoms with Crippen molar-refractivity contribution in [2.24, 2.45) is 5.41 Å². The normalized spacial score (nSPS) is 13.4. The minimum atomic E-state index is -1.55. The number of carboxylic acids is 1. The maximum atomic E-state index is 11.8. The topological polar surface area (TPSA) is 63.6 Å². The van der Waals surface area contributed by atoms with E-state index < -0.39 is 17.4 Å². The van der Waals surface area contributed by atoms with E-state index in [-0.39, 0.29) is 19.4 Å². The molecule has 1 atom stereocenters. The lowest BCUT2D eigenvalue weighted by atomic mass is 9.80. The van der Waals surface area contributed by atoms with Gasteiger partial charge in [0.05, 0.1) is 6.61 Å². The van der Waals surface area contributed by atoms with Gasteiger partial charge < -0.3 is 9.84 Å². The van der Waals surface area contributed by atoms with E-state index in [0.29, 0.717) is 0 Å². The van der Waals surface area contributed by atoms with Crippen molar-refractivity contribution < 1.29 is 19.4 Å². The summed E-state index contributed by atoms with van der Waals surface area (Å²) in [6, 6.07) is 0. The fourth-order valence-corrected chi connectivity index (χ4v) is 1.41. The number of hydrogen-bond acceptors (Lipinski definition) is 3. The molecule has 96 valence electrons. The van der Waals surface area contributed by atoms with Gasteiger partial charge in [-0.05, 0) is 33.6 Å². The monoisotopic (exact) mass is 240 g/mol. The van der Waals surface area contributed by atoms with Crippen LogP contribution in [-0.2, 0) is 14.3 Å². The molecule has 0 saturated heterocycles. The molecule has 0 fully saturated rings. The lowest BCUT2D eigenvalue weighted by Crippen LogP contribution is -2.40. The Hall–Kier alpha value is -1.58. The molecule has 0 aliphatic heterocycles. The van der Waals surface area contributed by atoms with E-state index in [2.05, 4.69) is 6.58 Å². The fraction of sp³-hybridized carbons (Fsp3) is 0.538. The third-order valence-corrected chi connectivity index (χ3v) is 2.43. The number of carbonyl (C=O) groups is 2. The molecule has 0 radical (unpaired) electrons. The standard InChI is InChI=1S/C13H20O4/c1-5-8-13(11(14)15,9-7-10(3)4)12(16)17-6-2/h5,7H,1,6,8-9H2,2-4H3,(H,14,15). The van der Waals surface area contributed by atoms with Crippen LogP contribution in [0.2, 0.25) is 0 Å². The van der Waals surface area contributed by atoms with Gasteiger partial charge in [0.15, 0.2) is 5.41 Å². The summed E-state index contributed by atoms with van der Waals surface area (Å²) in [6.45, 7) is 9.03. The van der Waals surface area contributed by atoms with Crippen LogP contribution in [0.1, 0.15) is 33.6 Å². The molecule has 0 spiro atoms. The molecule has 0 bridgehead atoms. The van der Waals surface area contributed by atoms with Crippen LogP contribution in [-0.4, -0.2) is 23.7 Å². The van der Waals surface area contributed by atoms with Crippen molar-refractivity contribution in [3.05, 3.63) is 24.3 Å². The van der Waals surface area contributed by atoms with Gasteiger partial charge in [0.1, 0.15) is 0 Å². The molecule has 0 aromatic carbocycles. The summed E-state index contributed by atoms with van der Waals surface area (Å²) in [5, 5.41) is 9.29. The van der Waals surface area contributed by atoms with E-state index in [1.54, 1.807) is 13.0 Å². The number of ether oxygens (including phenoxy) is 1. The van der Waals surface area contributed by atoms with Crippen molar-refractivity contribution in [1.29, 1.82) is 0 Å². The largest absolute Gasteiger partial charge is 0.480 e. The minimum absolute atomic E-state index is 0.0605. The zero-order valence-electron chi connectivity index (χ0n) is 10.7. The highest BCUT2D eigenvalue weighted by Crippen LogP contribution is 2.30. The van der Waals surface area contributed by atoms with Gasteiger partial charge in [-0.15, -0.1) is 6.58 Å². The zero-order chi connectivity index (χ0) is 13.5. The number of allylic oxidation sites excluding steroid dienone is 3. The van der Waals surface area contributed by atoms with Crippen LogP contribution in [0.25, 0.3) is 0 Å². The molecule has 0 aliphatic rings. The van der Waals surface area contributed by atoms with E-state index >= 15 is 0 Å². The number of carbonyl (C=O) groups excluding carboxylic acids is 1. The first-order valence-corrected chi connectivity index (χ1v) is 5.55. The molecule has 0 amide bonds. The van der Waals surface area contributed by atoms with Gasteiger partial charge in [-0.1, -0.05) is 17.7 Å². The number of carboxylic acid groups (broad SMARTS) is 1. The highest BCUT2D eigenvalue weighted by molar-refractivity contribution is 5.99. The molecule has 1 unspecified atom stereocenters. The van der Waals surface area contributed by atoms with Crippen LogP contribution in [0.15, 0.2) is 24.3 Å². The second-order valence-electron chi connectivity index (χ2n) is 4.09. The molecule has 1 N–H and O–H groups in total. The van der Waals surface area contributed by atoms with Crippen molar-refractivity contribution >= 4 is 11.9 Å². The van der Waals surface area contributed by atoms with Crippen LogP contribution < -0.4 is 0 Å². The molecular formula is C13H20O4. The van der Waals surface area contributed by atoms with Crippen molar-refractivity contribution in [3.63, 3.8) is 0 Å². The Bertz CT molecular complexity index is 326. The Labute approximate surface area is 102 Å². The Morgan fingerprint density at radius 3 is 2.29 bits per heavy atom. The van der Waals surface area contributed by atoms with Crippen LogP contribution >= 0.6 is 0 Å². The molecule has 0 aliphatic carbocycles. The van der Waals surface area contributed by atoms with Crippen molar-refractivity contribution in [1.82, 2.24) is 0 Å². The van der Waals surface area contributed by atoms with Gasteiger partial charge in [-0.25, -0.2) is 0 Å². The van der Waals surface area contributed by atoms with Crippen LogP contribution in [0.4, 0.5) is 0 Å². The highest BCUT2D eigenvalue weighted by Gasteiger charge is 2.45. The molecule has 0 aromatic rings. The Morgan fingerprint density at radius 1 is 1.35 bits per heavy atom. The van der Waals surface area contributed by atoms with Crippen molar-refractivity contribution in [3.8, 4) is 0 Å². The minimum Gasteiger partial charge on any atom is -0.480 e. The second-order valence-corrected chi connectivity index (χ2v) is 4.09. The first-order chi connectivity index (χ1) is 7.90. The first kappa shape index (κ1) is 15.4. The van der Waals surface area contributed by atoms with Gasteiger partial charge in [0.25, 0.3) is 0 Å². The number of rotatable bonds is 7. The number of hydrogen-bond donors (Lipinski definition) is 1. The predicted molar refractivity (Wildman–Crippen MR) is 65.6 cm³/mol. The molecule has 0 aromatic heterocycles. The smallest absolute Gasteiger partial charge is 0.324 e. The molecular weight excluding hydrogens is 220 g/mol. The highest BCUT2D eigenvalue weighted by atomic mass is 16.5. The third-order valence-electron chi connectivity index (χ3n) is 2.43. The second kappa shape index (κ2) is 6.89. The molecule has 0 saturated carbocycles. The third kappa shape index (κ3) is 4.06. The quantitative estimate of drug-likeness (QED) is 0.422. The lowest BCUT2D eigenvalue weighted by Gasteiger charge is -2.24. The van der Waals surface area contributed by atoms with Crippen molar-refractivity contribution in [2.75, 3.05) is 6.61 Å². The van der Waals surface area contributed by atoms with E-state index in [0.717, 1.165) is 5.57 Å². The summed E-state index contributed by atoms with van der Waals surface area (Å²) in [5.41, 5.74) is -0.585. The van der Waals surface area contributed by atoms with Crippen LogP contribution in [0, 0.1) is 5.41 Å². The maximum absolute atomic E-state index is 11.8. The average molecular weight is 240 g/mol. The summed E-state index contributed by atoms with van der Waals surface area (Å²) >= 11 is 0. The van der Waals surface area contributed by atoms with E-state index in [1.807, 2.05) is 13.8 Å². The summed E-state index contributed by atoms with van der Waals surface area (Å²) < 4.78 is 4.86. The van der Waals surface area contributed by atoms with E-state index in [9.17, 15) is 14.7 Å². The van der Waals surface area contributed by atoms with Crippen LogP contribution in [0.3, 0.4) is 0 Å². The van der Waals surface area contributed by atoms with Gasteiger partial charge in [-0.3, -0.25) is 9.59 Å². The summed E-state index contributed by atoms with van der Waals surface area (Å²) in [7, 11) is 0. The molecule has 0 heterocycles. The number of aliphatic carboxylic acids is 1. The van der Waals surface area contributed by atoms with Crippen molar-refractivity contribution in [2.45, 2.75) is 33.6 Å². The Kier molecular flexibility index (Phi) is 6.25.